The summed E-state index contributed by atoms with van der Waals surface area (Å²) in [6.45, 7) is 5.23. The lowest BCUT2D eigenvalue weighted by Gasteiger charge is -2.49. The number of alkyl halides is 1. The number of aromatic hydroxyl groups is 1. The van der Waals surface area contributed by atoms with E-state index in [0.717, 1.165) is 75.4 Å². The molecule has 1 aromatic heterocycles. The summed E-state index contributed by atoms with van der Waals surface area (Å²) in [5, 5.41) is 11.8. The zero-order valence-electron chi connectivity index (χ0n) is 24.1. The van der Waals surface area contributed by atoms with Crippen molar-refractivity contribution in [1.82, 2.24) is 14.9 Å². The number of phenols is 1. The summed E-state index contributed by atoms with van der Waals surface area (Å²) in [6, 6.07) is 6.50. The molecule has 4 saturated heterocycles. The van der Waals surface area contributed by atoms with E-state index in [1.54, 1.807) is 18.2 Å². The highest BCUT2D eigenvalue weighted by molar-refractivity contribution is 6.36. The Kier molecular flexibility index (Phi) is 6.62. The van der Waals surface area contributed by atoms with Crippen molar-refractivity contribution >= 4 is 33.9 Å². The zero-order valence-corrected chi connectivity index (χ0v) is 24.9. The lowest BCUT2D eigenvalue weighted by Crippen LogP contribution is -2.56. The maximum Gasteiger partial charge on any atom is 0.318 e. The van der Waals surface area contributed by atoms with Gasteiger partial charge in [0.15, 0.2) is 0 Å². The van der Waals surface area contributed by atoms with Crippen molar-refractivity contribution in [2.45, 2.75) is 68.8 Å². The Morgan fingerprint density at radius 3 is 2.79 bits per heavy atom. The van der Waals surface area contributed by atoms with Crippen LogP contribution in [0.2, 0.25) is 5.02 Å². The second kappa shape index (κ2) is 10.3. The van der Waals surface area contributed by atoms with E-state index in [-0.39, 0.29) is 21.9 Å². The van der Waals surface area contributed by atoms with E-state index < -0.39 is 12.0 Å². The molecule has 11 heteroatoms. The second-order valence-corrected chi connectivity index (χ2v) is 13.4. The molecule has 0 saturated carbocycles. The third-order valence-corrected chi connectivity index (χ3v) is 10.7. The molecule has 1 spiro atoms. The quantitative estimate of drug-likeness (QED) is 0.411. The average Bonchev–Trinajstić information content (AvgIpc) is 3.51. The molecular formula is C32H36ClF2N5O3. The lowest BCUT2D eigenvalue weighted by atomic mass is 9.85. The van der Waals surface area contributed by atoms with Crippen molar-refractivity contribution in [3.63, 3.8) is 0 Å². The predicted octanol–water partition coefficient (Wildman–Crippen LogP) is 5.41. The van der Waals surface area contributed by atoms with Gasteiger partial charge in [-0.05, 0) is 56.2 Å². The number of hydrogen-bond donors (Lipinski definition) is 1. The Balaban J connectivity index is 1.16. The molecule has 5 aliphatic heterocycles. The van der Waals surface area contributed by atoms with Gasteiger partial charge in [0.25, 0.3) is 0 Å². The first-order valence-electron chi connectivity index (χ1n) is 15.5. The summed E-state index contributed by atoms with van der Waals surface area (Å²) in [7, 11) is 0. The summed E-state index contributed by atoms with van der Waals surface area (Å²) < 4.78 is 41.5. The normalized spacial score (nSPS) is 28.8. The van der Waals surface area contributed by atoms with E-state index in [1.807, 2.05) is 0 Å². The van der Waals surface area contributed by atoms with Crippen molar-refractivity contribution in [3.8, 4) is 11.8 Å². The molecule has 0 aliphatic carbocycles. The molecule has 43 heavy (non-hydrogen) atoms. The van der Waals surface area contributed by atoms with Crippen molar-refractivity contribution in [2.24, 2.45) is 0 Å². The van der Waals surface area contributed by atoms with Crippen LogP contribution in [0.5, 0.6) is 11.8 Å². The topological polar surface area (TPSA) is 74.2 Å². The number of fused-ring (bicyclic) bond motifs is 3. The fourth-order valence-corrected chi connectivity index (χ4v) is 8.44. The maximum absolute atomic E-state index is 14.6. The standard InChI is InChI=1S/C32H36ClF2N5O3/c33-28-24(35)4-3-20-13-22(41)14-26(27(20)28)38-11-5-23-25(17-38)36-30(42-19-31-6-1-10-40(31)16-21(34)15-31)37-29(23)39-9-2-7-32(18-39)8-12-43-32/h3-4,13-14,21,41H,1-2,5-12,15-19H2/t21-,31+,32?/m1/s1. The third-order valence-electron chi connectivity index (χ3n) is 10.4. The van der Waals surface area contributed by atoms with Gasteiger partial charge in [-0.3, -0.25) is 4.90 Å². The molecule has 8 nitrogen and oxygen atoms in total. The van der Waals surface area contributed by atoms with E-state index in [4.69, 9.17) is 31.0 Å². The van der Waals surface area contributed by atoms with Crippen LogP contribution in [0.3, 0.4) is 0 Å². The van der Waals surface area contributed by atoms with Crippen LogP contribution in [0, 0.1) is 5.82 Å². The summed E-state index contributed by atoms with van der Waals surface area (Å²) in [4.78, 5) is 16.6. The highest BCUT2D eigenvalue weighted by Crippen LogP contribution is 2.43. The largest absolute Gasteiger partial charge is 0.508 e. The second-order valence-electron chi connectivity index (χ2n) is 13.0. The molecule has 1 unspecified atom stereocenters. The Morgan fingerprint density at radius 1 is 1.09 bits per heavy atom. The van der Waals surface area contributed by atoms with Gasteiger partial charge in [-0.25, -0.2) is 8.78 Å². The van der Waals surface area contributed by atoms with E-state index in [9.17, 15) is 13.9 Å². The van der Waals surface area contributed by atoms with Crippen LogP contribution in [0.4, 0.5) is 20.3 Å². The molecule has 0 radical (unpaired) electrons. The van der Waals surface area contributed by atoms with Gasteiger partial charge in [0.2, 0.25) is 0 Å². The fourth-order valence-electron chi connectivity index (χ4n) is 8.17. The van der Waals surface area contributed by atoms with E-state index in [2.05, 4.69) is 14.7 Å². The fraction of sp³-hybridized carbons (Fsp3) is 0.562. The van der Waals surface area contributed by atoms with Gasteiger partial charge in [-0.15, -0.1) is 0 Å². The number of piperidine rings is 1. The summed E-state index contributed by atoms with van der Waals surface area (Å²) in [6.07, 6.45) is 5.39. The monoisotopic (exact) mass is 611 g/mol. The van der Waals surface area contributed by atoms with Crippen LogP contribution in [0.15, 0.2) is 24.3 Å². The average molecular weight is 612 g/mol. The Labute approximate surface area is 254 Å². The van der Waals surface area contributed by atoms with E-state index in [0.29, 0.717) is 61.6 Å². The summed E-state index contributed by atoms with van der Waals surface area (Å²) in [5.41, 5.74) is 2.16. The molecule has 5 aliphatic rings. The van der Waals surface area contributed by atoms with Crippen molar-refractivity contribution in [3.05, 3.63) is 46.4 Å². The Bertz CT molecular complexity index is 1590. The van der Waals surface area contributed by atoms with Gasteiger partial charge in [0.1, 0.15) is 30.2 Å². The number of halogens is 3. The van der Waals surface area contributed by atoms with Gasteiger partial charge in [0.05, 0.1) is 40.7 Å². The first kappa shape index (κ1) is 27.6. The smallest absolute Gasteiger partial charge is 0.318 e. The van der Waals surface area contributed by atoms with Crippen LogP contribution in [0.1, 0.15) is 49.8 Å². The highest BCUT2D eigenvalue weighted by atomic mass is 35.5. The van der Waals surface area contributed by atoms with Gasteiger partial charge >= 0.3 is 6.01 Å². The molecule has 8 rings (SSSR count). The number of benzene rings is 2. The molecule has 4 fully saturated rings. The molecule has 3 aromatic rings. The first-order valence-corrected chi connectivity index (χ1v) is 15.9. The third kappa shape index (κ3) is 4.68. The Morgan fingerprint density at radius 2 is 1.95 bits per heavy atom. The SMILES string of the molecule is Oc1cc(N2CCc3c(nc(OC[C@@]45CCCN4C[C@H](F)C5)nc3N3CCCC4(CCO4)C3)C2)c2c(Cl)c(F)ccc2c1. The minimum atomic E-state index is -0.835. The highest BCUT2D eigenvalue weighted by Gasteiger charge is 2.49. The van der Waals surface area contributed by atoms with Crippen molar-refractivity contribution < 1.29 is 23.4 Å². The number of rotatable bonds is 5. The predicted molar refractivity (Wildman–Crippen MR) is 161 cm³/mol. The van der Waals surface area contributed by atoms with Crippen LogP contribution >= 0.6 is 11.6 Å². The van der Waals surface area contributed by atoms with Crippen LogP contribution in [0.25, 0.3) is 10.8 Å². The molecule has 3 atom stereocenters. The van der Waals surface area contributed by atoms with Crippen LogP contribution < -0.4 is 14.5 Å². The lowest BCUT2D eigenvalue weighted by molar-refractivity contribution is -0.151. The van der Waals surface area contributed by atoms with Gasteiger partial charge in [-0.2, -0.15) is 9.97 Å². The summed E-state index contributed by atoms with van der Waals surface area (Å²) in [5.74, 6) is 0.471. The molecule has 0 bridgehead atoms. The van der Waals surface area contributed by atoms with Gasteiger partial charge in [0, 0.05) is 56.0 Å². The van der Waals surface area contributed by atoms with Crippen LogP contribution in [-0.4, -0.2) is 83.2 Å². The molecular weight excluding hydrogens is 576 g/mol. The zero-order chi connectivity index (χ0) is 29.3. The minimum absolute atomic E-state index is 0.0351. The number of ether oxygens (including phenoxy) is 2. The van der Waals surface area contributed by atoms with Crippen LogP contribution in [-0.2, 0) is 17.7 Å². The molecule has 228 valence electrons. The molecule has 0 amide bonds. The van der Waals surface area contributed by atoms with Crippen molar-refractivity contribution in [2.75, 3.05) is 55.7 Å². The molecule has 2 aromatic carbocycles. The number of nitrogens with zero attached hydrogens (tertiary/aromatic N) is 5. The number of anilines is 2. The Hall–Kier alpha value is -2.95. The van der Waals surface area contributed by atoms with Gasteiger partial charge in [-0.1, -0.05) is 17.7 Å². The minimum Gasteiger partial charge on any atom is -0.508 e. The van der Waals surface area contributed by atoms with E-state index in [1.165, 1.54) is 6.07 Å². The summed E-state index contributed by atoms with van der Waals surface area (Å²) >= 11 is 6.48. The molecule has 1 N–H and O–H groups in total. The number of phenolic OH excluding ortho intramolecular Hbond substituents is 1. The van der Waals surface area contributed by atoms with Crippen molar-refractivity contribution in [1.29, 1.82) is 0 Å². The number of aromatic nitrogens is 2. The maximum atomic E-state index is 14.6. The van der Waals surface area contributed by atoms with Gasteiger partial charge < -0.3 is 24.4 Å². The first-order chi connectivity index (χ1) is 20.8. The van der Waals surface area contributed by atoms with E-state index >= 15 is 0 Å². The molecule has 6 heterocycles. The number of hydrogen-bond acceptors (Lipinski definition) is 8.